The van der Waals surface area contributed by atoms with Gasteiger partial charge in [-0.05, 0) is 42.7 Å². The maximum Gasteiger partial charge on any atom is 0.415 e. The first kappa shape index (κ1) is 18.7. The van der Waals surface area contributed by atoms with Gasteiger partial charge >= 0.3 is 6.09 Å². The van der Waals surface area contributed by atoms with E-state index in [1.54, 1.807) is 35.2 Å². The van der Waals surface area contributed by atoms with E-state index in [4.69, 9.17) is 27.9 Å². The molecule has 0 radical (unpaired) electrons. The third kappa shape index (κ3) is 4.19. The lowest BCUT2D eigenvalue weighted by molar-refractivity contribution is 0.0723. The van der Waals surface area contributed by atoms with E-state index in [0.29, 0.717) is 40.9 Å². The Kier molecular flexibility index (Phi) is 5.84. The molecule has 2 atom stereocenters. The normalized spacial score (nSPS) is 19.9. The van der Waals surface area contributed by atoms with Crippen LogP contribution in [0.1, 0.15) is 23.7 Å². The van der Waals surface area contributed by atoms with Gasteiger partial charge in [-0.2, -0.15) is 0 Å². The van der Waals surface area contributed by atoms with E-state index in [0.717, 1.165) is 0 Å². The number of benzene rings is 2. The highest BCUT2D eigenvalue weighted by molar-refractivity contribution is 6.42. The van der Waals surface area contributed by atoms with Gasteiger partial charge in [0.1, 0.15) is 5.75 Å². The van der Waals surface area contributed by atoms with Gasteiger partial charge in [-0.15, -0.1) is 0 Å². The average Bonchev–Trinajstić information content (AvgIpc) is 2.64. The molecule has 2 aromatic carbocycles. The Hall–Kier alpha value is -2.04. The van der Waals surface area contributed by atoms with Crippen LogP contribution in [0.2, 0.25) is 10.0 Å². The molecular formula is C20H19Cl2NO3. The van der Waals surface area contributed by atoms with Crippen LogP contribution < -0.4 is 4.74 Å². The Labute approximate surface area is 162 Å². The molecule has 0 N–H and O–H groups in total. The predicted octanol–water partition coefficient (Wildman–Crippen LogP) is 5.33. The van der Waals surface area contributed by atoms with Crippen LogP contribution in [0.15, 0.2) is 48.5 Å². The quantitative estimate of drug-likeness (QED) is 0.663. The SMILES string of the molecule is C[C@@H]1CN(C(=O)Oc2ccccc2)CC[C@H]1C(=O)c1ccc(Cl)c(Cl)c1. The molecule has 0 aromatic heterocycles. The van der Waals surface area contributed by atoms with Crippen molar-refractivity contribution in [2.24, 2.45) is 11.8 Å². The highest BCUT2D eigenvalue weighted by Crippen LogP contribution is 2.30. The molecule has 2 aromatic rings. The van der Waals surface area contributed by atoms with Gasteiger partial charge in [0.2, 0.25) is 0 Å². The van der Waals surface area contributed by atoms with Crippen molar-refractivity contribution in [2.75, 3.05) is 13.1 Å². The maximum atomic E-state index is 12.8. The largest absolute Gasteiger partial charge is 0.415 e. The molecule has 0 bridgehead atoms. The number of carbonyl (C=O) groups is 2. The summed E-state index contributed by atoms with van der Waals surface area (Å²) in [6.07, 6.45) is 0.202. The minimum absolute atomic E-state index is 0.0222. The zero-order valence-electron chi connectivity index (χ0n) is 14.3. The van der Waals surface area contributed by atoms with Crippen LogP contribution in [0.5, 0.6) is 5.75 Å². The summed E-state index contributed by atoms with van der Waals surface area (Å²) in [5, 5.41) is 0.795. The smallest absolute Gasteiger partial charge is 0.410 e. The van der Waals surface area contributed by atoms with Crippen molar-refractivity contribution in [3.8, 4) is 5.75 Å². The zero-order valence-corrected chi connectivity index (χ0v) is 15.8. The Morgan fingerprint density at radius 2 is 1.81 bits per heavy atom. The Morgan fingerprint density at radius 1 is 1.08 bits per heavy atom. The summed E-state index contributed by atoms with van der Waals surface area (Å²) in [6.45, 7) is 2.93. The fraction of sp³-hybridized carbons (Fsp3) is 0.300. The summed E-state index contributed by atoms with van der Waals surface area (Å²) in [6, 6.07) is 13.9. The molecule has 136 valence electrons. The van der Waals surface area contributed by atoms with Crippen molar-refractivity contribution >= 4 is 35.1 Å². The molecule has 1 amide bonds. The van der Waals surface area contributed by atoms with Gasteiger partial charge in [0, 0.05) is 24.6 Å². The number of para-hydroxylation sites is 1. The number of hydrogen-bond donors (Lipinski definition) is 0. The molecule has 1 heterocycles. The zero-order chi connectivity index (χ0) is 18.7. The molecule has 4 nitrogen and oxygen atoms in total. The lowest BCUT2D eigenvalue weighted by Crippen LogP contribution is -2.46. The number of Topliss-reactive ketones (excluding diaryl/α,β-unsaturated/α-hetero) is 1. The van der Waals surface area contributed by atoms with E-state index in [9.17, 15) is 9.59 Å². The van der Waals surface area contributed by atoms with Crippen LogP contribution in [0.25, 0.3) is 0 Å². The third-order valence-corrected chi connectivity index (χ3v) is 5.39. The minimum atomic E-state index is -0.386. The lowest BCUT2D eigenvalue weighted by atomic mass is 9.81. The van der Waals surface area contributed by atoms with E-state index >= 15 is 0 Å². The summed E-state index contributed by atoms with van der Waals surface area (Å²) in [7, 11) is 0. The number of piperidine rings is 1. The lowest BCUT2D eigenvalue weighted by Gasteiger charge is -2.35. The summed E-state index contributed by atoms with van der Waals surface area (Å²) >= 11 is 11.9. The minimum Gasteiger partial charge on any atom is -0.410 e. The Bertz CT molecular complexity index is 810. The number of ether oxygens (including phenoxy) is 1. The van der Waals surface area contributed by atoms with Gasteiger partial charge in [0.05, 0.1) is 10.0 Å². The summed E-state index contributed by atoms with van der Waals surface area (Å²) < 4.78 is 5.38. The van der Waals surface area contributed by atoms with Gasteiger partial charge < -0.3 is 9.64 Å². The first-order valence-electron chi connectivity index (χ1n) is 8.47. The van der Waals surface area contributed by atoms with E-state index < -0.39 is 0 Å². The second-order valence-electron chi connectivity index (χ2n) is 6.49. The summed E-state index contributed by atoms with van der Waals surface area (Å²) in [5.74, 6) is 0.411. The molecule has 0 aliphatic carbocycles. The van der Waals surface area contributed by atoms with E-state index in [1.165, 1.54) is 0 Å². The second-order valence-corrected chi connectivity index (χ2v) is 7.31. The monoisotopic (exact) mass is 391 g/mol. The number of halogens is 2. The fourth-order valence-electron chi connectivity index (χ4n) is 3.22. The Balaban J connectivity index is 1.63. The topological polar surface area (TPSA) is 46.6 Å². The van der Waals surface area contributed by atoms with Gasteiger partial charge in [-0.3, -0.25) is 4.79 Å². The van der Waals surface area contributed by atoms with Gasteiger partial charge in [0.25, 0.3) is 0 Å². The van der Waals surface area contributed by atoms with E-state index in [1.807, 2.05) is 25.1 Å². The molecule has 6 heteroatoms. The fourth-order valence-corrected chi connectivity index (χ4v) is 3.52. The standard InChI is InChI=1S/C20H19Cl2NO3/c1-13-12-23(20(25)26-15-5-3-2-4-6-15)10-9-16(13)19(24)14-7-8-17(21)18(22)11-14/h2-8,11,13,16H,9-10,12H2,1H3/t13-,16-/m1/s1. The number of rotatable bonds is 3. The van der Waals surface area contributed by atoms with Crippen molar-refractivity contribution in [3.05, 3.63) is 64.1 Å². The summed E-state index contributed by atoms with van der Waals surface area (Å²) in [4.78, 5) is 26.8. The number of nitrogens with zero attached hydrogens (tertiary/aromatic N) is 1. The highest BCUT2D eigenvalue weighted by atomic mass is 35.5. The third-order valence-electron chi connectivity index (χ3n) is 4.65. The van der Waals surface area contributed by atoms with Gasteiger partial charge in [0.15, 0.2) is 5.78 Å². The van der Waals surface area contributed by atoms with Crippen LogP contribution in [-0.2, 0) is 0 Å². The highest BCUT2D eigenvalue weighted by Gasteiger charge is 2.34. The number of amides is 1. The summed E-state index contributed by atoms with van der Waals surface area (Å²) in [5.41, 5.74) is 0.552. The van der Waals surface area contributed by atoms with Crippen LogP contribution >= 0.6 is 23.2 Å². The molecule has 1 saturated heterocycles. The van der Waals surface area contributed by atoms with E-state index in [2.05, 4.69) is 0 Å². The Morgan fingerprint density at radius 3 is 2.46 bits per heavy atom. The van der Waals surface area contributed by atoms with Crippen LogP contribution in [0, 0.1) is 11.8 Å². The van der Waals surface area contributed by atoms with Crippen molar-refractivity contribution < 1.29 is 14.3 Å². The second kappa shape index (κ2) is 8.11. The molecule has 1 fully saturated rings. The molecule has 0 unspecified atom stereocenters. The van der Waals surface area contributed by atoms with Crippen LogP contribution in [0.3, 0.4) is 0 Å². The number of ketones is 1. The van der Waals surface area contributed by atoms with Crippen LogP contribution in [0.4, 0.5) is 4.79 Å². The molecule has 0 spiro atoms. The predicted molar refractivity (Wildman–Crippen MR) is 102 cm³/mol. The number of carbonyl (C=O) groups excluding carboxylic acids is 2. The number of likely N-dealkylation sites (tertiary alicyclic amines) is 1. The van der Waals surface area contributed by atoms with Gasteiger partial charge in [-0.25, -0.2) is 4.79 Å². The molecular weight excluding hydrogens is 373 g/mol. The first-order chi connectivity index (χ1) is 12.5. The average molecular weight is 392 g/mol. The first-order valence-corrected chi connectivity index (χ1v) is 9.22. The molecule has 3 rings (SSSR count). The molecule has 0 saturated carbocycles. The van der Waals surface area contributed by atoms with Crippen molar-refractivity contribution in [2.45, 2.75) is 13.3 Å². The van der Waals surface area contributed by atoms with Crippen molar-refractivity contribution in [1.82, 2.24) is 4.90 Å². The van der Waals surface area contributed by atoms with Crippen molar-refractivity contribution in [1.29, 1.82) is 0 Å². The molecule has 1 aliphatic rings. The van der Waals surface area contributed by atoms with Gasteiger partial charge in [-0.1, -0.05) is 48.3 Å². The molecule has 1 aliphatic heterocycles. The number of hydrogen-bond acceptors (Lipinski definition) is 3. The van der Waals surface area contributed by atoms with E-state index in [-0.39, 0.29) is 23.7 Å². The maximum absolute atomic E-state index is 12.8. The van der Waals surface area contributed by atoms with Crippen LogP contribution in [-0.4, -0.2) is 29.9 Å². The van der Waals surface area contributed by atoms with Crippen molar-refractivity contribution in [3.63, 3.8) is 0 Å². The molecule has 26 heavy (non-hydrogen) atoms.